The van der Waals surface area contributed by atoms with E-state index < -0.39 is 10.8 Å². The zero-order valence-electron chi connectivity index (χ0n) is 16.2. The minimum atomic E-state index is -0.694. The standard InChI is InChI=1S/C22H17N3O5/c1-29-18-8-6-14-7-9-21(30-2)20(19(14)12-18)10-15(13-23)22(26)24-16-4-3-5-17(11-16)25(27)28/h3-12H,1-2H3,(H,24,26)/b15-10+. The topological polar surface area (TPSA) is 114 Å². The van der Waals surface area contributed by atoms with Gasteiger partial charge < -0.3 is 14.8 Å². The third kappa shape index (κ3) is 4.20. The van der Waals surface area contributed by atoms with E-state index in [-0.39, 0.29) is 16.9 Å². The van der Waals surface area contributed by atoms with Crippen LogP contribution in [0, 0.1) is 21.4 Å². The van der Waals surface area contributed by atoms with Gasteiger partial charge in [0.05, 0.1) is 19.1 Å². The summed E-state index contributed by atoms with van der Waals surface area (Å²) in [5.74, 6) is 0.400. The molecule has 0 radical (unpaired) electrons. The normalized spacial score (nSPS) is 10.9. The summed E-state index contributed by atoms with van der Waals surface area (Å²) in [7, 11) is 3.04. The highest BCUT2D eigenvalue weighted by Gasteiger charge is 2.15. The van der Waals surface area contributed by atoms with Gasteiger partial charge in [0, 0.05) is 23.4 Å². The first-order valence-corrected chi connectivity index (χ1v) is 8.79. The molecule has 0 fully saturated rings. The second-order valence-electron chi connectivity index (χ2n) is 6.20. The van der Waals surface area contributed by atoms with E-state index in [1.54, 1.807) is 19.2 Å². The summed E-state index contributed by atoms with van der Waals surface area (Å²) in [4.78, 5) is 23.0. The average Bonchev–Trinajstić information content (AvgIpc) is 2.76. The molecule has 0 aliphatic rings. The molecule has 0 aliphatic heterocycles. The first kappa shape index (κ1) is 20.4. The van der Waals surface area contributed by atoms with Crippen LogP contribution in [0.1, 0.15) is 5.56 Å². The Labute approximate surface area is 172 Å². The second kappa shape index (κ2) is 8.75. The van der Waals surface area contributed by atoms with Gasteiger partial charge in [-0.15, -0.1) is 0 Å². The molecule has 150 valence electrons. The lowest BCUT2D eigenvalue weighted by Crippen LogP contribution is -2.13. The number of ether oxygens (including phenoxy) is 2. The number of hydrogen-bond donors (Lipinski definition) is 1. The summed E-state index contributed by atoms with van der Waals surface area (Å²) in [5, 5.41) is 24.6. The number of hydrogen-bond acceptors (Lipinski definition) is 6. The van der Waals surface area contributed by atoms with Crippen molar-refractivity contribution in [2.75, 3.05) is 19.5 Å². The van der Waals surface area contributed by atoms with E-state index in [1.807, 2.05) is 24.3 Å². The van der Waals surface area contributed by atoms with Crippen molar-refractivity contribution in [3.05, 3.63) is 75.8 Å². The van der Waals surface area contributed by atoms with Crippen molar-refractivity contribution in [2.24, 2.45) is 0 Å². The fourth-order valence-electron chi connectivity index (χ4n) is 2.94. The summed E-state index contributed by atoms with van der Waals surface area (Å²) in [5.41, 5.74) is 0.398. The quantitative estimate of drug-likeness (QED) is 0.284. The number of rotatable bonds is 6. The van der Waals surface area contributed by atoms with E-state index in [0.717, 1.165) is 10.8 Å². The van der Waals surface area contributed by atoms with Crippen LogP contribution in [0.4, 0.5) is 11.4 Å². The summed E-state index contributed by atoms with van der Waals surface area (Å²) in [6, 6.07) is 16.4. The highest BCUT2D eigenvalue weighted by molar-refractivity contribution is 6.11. The highest BCUT2D eigenvalue weighted by atomic mass is 16.6. The van der Waals surface area contributed by atoms with Gasteiger partial charge in [-0.25, -0.2) is 0 Å². The average molecular weight is 403 g/mol. The molecule has 0 saturated heterocycles. The molecule has 0 atom stereocenters. The maximum absolute atomic E-state index is 12.7. The van der Waals surface area contributed by atoms with Crippen LogP contribution in [-0.4, -0.2) is 25.1 Å². The lowest BCUT2D eigenvalue weighted by atomic mass is 10.0. The van der Waals surface area contributed by atoms with Gasteiger partial charge >= 0.3 is 0 Å². The molecule has 0 aliphatic carbocycles. The van der Waals surface area contributed by atoms with Gasteiger partial charge in [0.2, 0.25) is 0 Å². The van der Waals surface area contributed by atoms with E-state index in [2.05, 4.69) is 5.32 Å². The van der Waals surface area contributed by atoms with Crippen LogP contribution >= 0.6 is 0 Å². The molecule has 1 N–H and O–H groups in total. The lowest BCUT2D eigenvalue weighted by molar-refractivity contribution is -0.384. The fraction of sp³-hybridized carbons (Fsp3) is 0.0909. The number of nitro benzene ring substituents is 1. The first-order chi connectivity index (χ1) is 14.5. The molecule has 0 heterocycles. The molecule has 3 aromatic carbocycles. The summed E-state index contributed by atoms with van der Waals surface area (Å²) >= 11 is 0. The first-order valence-electron chi connectivity index (χ1n) is 8.79. The number of nitriles is 1. The van der Waals surface area contributed by atoms with Crippen molar-refractivity contribution >= 4 is 34.1 Å². The zero-order chi connectivity index (χ0) is 21.7. The molecular formula is C22H17N3O5. The molecule has 0 spiro atoms. The molecule has 0 saturated carbocycles. The van der Waals surface area contributed by atoms with Crippen molar-refractivity contribution in [3.63, 3.8) is 0 Å². The molecule has 3 aromatic rings. The SMILES string of the molecule is COc1ccc2ccc(OC)c(/C=C(\C#N)C(=O)Nc3cccc([N+](=O)[O-])c3)c2c1. The third-order valence-electron chi connectivity index (χ3n) is 4.42. The van der Waals surface area contributed by atoms with Gasteiger partial charge in [-0.2, -0.15) is 5.26 Å². The van der Waals surface area contributed by atoms with E-state index in [0.29, 0.717) is 17.1 Å². The van der Waals surface area contributed by atoms with Crippen molar-refractivity contribution in [3.8, 4) is 17.6 Å². The Morgan fingerprint density at radius 1 is 1.13 bits per heavy atom. The molecule has 0 bridgehead atoms. The smallest absolute Gasteiger partial charge is 0.271 e. The predicted octanol–water partition coefficient (Wildman–Crippen LogP) is 4.31. The molecule has 0 aromatic heterocycles. The largest absolute Gasteiger partial charge is 0.497 e. The molecule has 0 unspecified atom stereocenters. The Balaban J connectivity index is 2.04. The second-order valence-corrected chi connectivity index (χ2v) is 6.20. The Hall–Kier alpha value is -4.38. The molecule has 3 rings (SSSR count). The zero-order valence-corrected chi connectivity index (χ0v) is 16.2. The van der Waals surface area contributed by atoms with Gasteiger partial charge in [0.15, 0.2) is 0 Å². The van der Waals surface area contributed by atoms with Crippen LogP contribution in [0.15, 0.2) is 60.2 Å². The van der Waals surface area contributed by atoms with E-state index in [9.17, 15) is 20.2 Å². The van der Waals surface area contributed by atoms with E-state index in [1.165, 1.54) is 37.5 Å². The highest BCUT2D eigenvalue weighted by Crippen LogP contribution is 2.32. The van der Waals surface area contributed by atoms with Gasteiger partial charge in [0.1, 0.15) is 23.1 Å². The number of nitrogens with one attached hydrogen (secondary N) is 1. The molecule has 1 amide bonds. The Kier molecular flexibility index (Phi) is 5.94. The molecule has 8 heteroatoms. The van der Waals surface area contributed by atoms with Gasteiger partial charge in [0.25, 0.3) is 11.6 Å². The summed E-state index contributed by atoms with van der Waals surface area (Å²) in [6.45, 7) is 0. The number of fused-ring (bicyclic) bond motifs is 1. The van der Waals surface area contributed by atoms with Gasteiger partial charge in [-0.1, -0.05) is 18.2 Å². The number of carbonyl (C=O) groups is 1. The van der Waals surface area contributed by atoms with Gasteiger partial charge in [-0.05, 0) is 41.1 Å². The van der Waals surface area contributed by atoms with Crippen molar-refractivity contribution in [1.82, 2.24) is 0 Å². The van der Waals surface area contributed by atoms with Crippen LogP contribution in [-0.2, 0) is 4.79 Å². The number of anilines is 1. The Morgan fingerprint density at radius 3 is 2.57 bits per heavy atom. The van der Waals surface area contributed by atoms with Crippen molar-refractivity contribution in [2.45, 2.75) is 0 Å². The minimum Gasteiger partial charge on any atom is -0.497 e. The van der Waals surface area contributed by atoms with Crippen LogP contribution in [0.5, 0.6) is 11.5 Å². The number of nitrogens with zero attached hydrogens (tertiary/aromatic N) is 2. The predicted molar refractivity (Wildman–Crippen MR) is 112 cm³/mol. The van der Waals surface area contributed by atoms with Crippen LogP contribution in [0.2, 0.25) is 0 Å². The fourth-order valence-corrected chi connectivity index (χ4v) is 2.94. The number of benzene rings is 3. The number of non-ortho nitro benzene ring substituents is 1. The number of methoxy groups -OCH3 is 2. The summed E-state index contributed by atoms with van der Waals surface area (Å²) < 4.78 is 10.7. The Morgan fingerprint density at radius 2 is 1.90 bits per heavy atom. The number of nitro groups is 1. The monoisotopic (exact) mass is 403 g/mol. The maximum Gasteiger partial charge on any atom is 0.271 e. The third-order valence-corrected chi connectivity index (χ3v) is 4.42. The van der Waals surface area contributed by atoms with E-state index in [4.69, 9.17) is 9.47 Å². The molecule has 8 nitrogen and oxygen atoms in total. The number of carbonyl (C=O) groups excluding carboxylic acids is 1. The summed E-state index contributed by atoms with van der Waals surface area (Å²) in [6.07, 6.45) is 1.42. The van der Waals surface area contributed by atoms with Crippen LogP contribution < -0.4 is 14.8 Å². The molecule has 30 heavy (non-hydrogen) atoms. The van der Waals surface area contributed by atoms with Crippen LogP contribution in [0.25, 0.3) is 16.8 Å². The van der Waals surface area contributed by atoms with Crippen molar-refractivity contribution in [1.29, 1.82) is 5.26 Å². The minimum absolute atomic E-state index is 0.168. The molecular weight excluding hydrogens is 386 g/mol. The number of amides is 1. The van der Waals surface area contributed by atoms with Gasteiger partial charge in [-0.3, -0.25) is 14.9 Å². The van der Waals surface area contributed by atoms with Crippen molar-refractivity contribution < 1.29 is 19.2 Å². The van der Waals surface area contributed by atoms with E-state index >= 15 is 0 Å². The Bertz CT molecular complexity index is 1210. The van der Waals surface area contributed by atoms with Crippen LogP contribution in [0.3, 0.4) is 0 Å². The maximum atomic E-state index is 12.7. The lowest BCUT2D eigenvalue weighted by Gasteiger charge is -2.11.